The van der Waals surface area contributed by atoms with Gasteiger partial charge in [-0.2, -0.15) is 0 Å². The molecule has 4 nitrogen and oxygen atoms in total. The Balaban J connectivity index is 3.86. The summed E-state index contributed by atoms with van der Waals surface area (Å²) >= 11 is 0. The van der Waals surface area contributed by atoms with Crippen molar-refractivity contribution in [2.24, 2.45) is 0 Å². The normalized spacial score (nSPS) is 10.9. The van der Waals surface area contributed by atoms with Crippen molar-refractivity contribution < 1.29 is 9.72 Å². The molecule has 0 aliphatic heterocycles. The molecule has 0 saturated heterocycles. The van der Waals surface area contributed by atoms with Crippen LogP contribution in [0, 0.1) is 22.0 Å². The highest BCUT2D eigenvalue weighted by atomic mass is 16.6. The number of unbranched alkanes of at least 4 members (excludes halogenated alkanes) is 10. The van der Waals surface area contributed by atoms with E-state index >= 15 is 0 Å². The third-order valence-electron chi connectivity index (χ3n) is 3.43. The molecule has 0 spiro atoms. The molecule has 0 unspecified atom stereocenters. The van der Waals surface area contributed by atoms with Crippen LogP contribution in [0.2, 0.25) is 0 Å². The summed E-state index contributed by atoms with van der Waals surface area (Å²) in [6.07, 6.45) is 14.3. The highest BCUT2D eigenvalue weighted by Gasteiger charge is 2.04. The molecular formula is C18H29NO3. The van der Waals surface area contributed by atoms with Gasteiger partial charge in [0.15, 0.2) is 0 Å². The zero-order valence-corrected chi connectivity index (χ0v) is 13.8. The lowest BCUT2D eigenvalue weighted by Gasteiger charge is -1.96. The minimum absolute atomic E-state index is 0.0440. The largest absolute Gasteiger partial charge is 0.315 e. The lowest BCUT2D eigenvalue weighted by atomic mass is 10.1. The van der Waals surface area contributed by atoms with E-state index in [2.05, 4.69) is 18.8 Å². The molecule has 0 N–H and O–H groups in total. The Morgan fingerprint density at radius 2 is 1.64 bits per heavy atom. The van der Waals surface area contributed by atoms with Crippen molar-refractivity contribution in [1.29, 1.82) is 0 Å². The first kappa shape index (κ1) is 20.4. The number of hydrogen-bond acceptors (Lipinski definition) is 3. The van der Waals surface area contributed by atoms with Crippen LogP contribution in [0.3, 0.4) is 0 Å². The Bertz CT molecular complexity index is 391. The maximum atomic E-state index is 10.9. The van der Waals surface area contributed by atoms with Gasteiger partial charge in [-0.1, -0.05) is 51.4 Å². The molecule has 0 fully saturated rings. The lowest BCUT2D eigenvalue weighted by molar-refractivity contribution is -0.417. The fraction of sp³-hybridized carbons (Fsp3) is 0.722. The van der Waals surface area contributed by atoms with Crippen molar-refractivity contribution in [2.45, 2.75) is 84.0 Å². The lowest BCUT2D eigenvalue weighted by Crippen LogP contribution is -1.96. The van der Waals surface area contributed by atoms with Crippen LogP contribution in [0.25, 0.3) is 0 Å². The molecule has 0 bridgehead atoms. The molecule has 0 aliphatic rings. The summed E-state index contributed by atoms with van der Waals surface area (Å²) in [5.74, 6) is 5.59. The van der Waals surface area contributed by atoms with Gasteiger partial charge >= 0.3 is 5.70 Å². The molecule has 0 aromatic heterocycles. The highest BCUT2D eigenvalue weighted by molar-refractivity contribution is 5.48. The smallest absolute Gasteiger partial charge is 0.303 e. The van der Waals surface area contributed by atoms with Gasteiger partial charge in [0, 0.05) is 24.8 Å². The van der Waals surface area contributed by atoms with E-state index in [1.54, 1.807) is 6.08 Å². The van der Waals surface area contributed by atoms with E-state index in [9.17, 15) is 14.9 Å². The first-order valence-electron chi connectivity index (χ1n) is 8.49. The second-order valence-corrected chi connectivity index (χ2v) is 5.47. The molecule has 4 heteroatoms. The zero-order chi connectivity index (χ0) is 16.5. The number of hydrogen-bond donors (Lipinski definition) is 0. The van der Waals surface area contributed by atoms with Crippen molar-refractivity contribution in [3.8, 4) is 11.8 Å². The molecule has 22 heavy (non-hydrogen) atoms. The monoisotopic (exact) mass is 307 g/mol. The average Bonchev–Trinajstić information content (AvgIpc) is 2.50. The molecule has 0 saturated carbocycles. The summed E-state index contributed by atoms with van der Waals surface area (Å²) in [7, 11) is 0. The number of carbonyl (C=O) groups is 1. The van der Waals surface area contributed by atoms with Gasteiger partial charge in [-0.25, -0.2) is 0 Å². The number of allylic oxidation sites excluding steroid dienone is 2. The maximum absolute atomic E-state index is 10.9. The number of nitro groups is 1. The fourth-order valence-corrected chi connectivity index (χ4v) is 2.11. The summed E-state index contributed by atoms with van der Waals surface area (Å²) in [6, 6.07) is 0. The number of nitrogens with zero attached hydrogens (tertiary/aromatic N) is 1. The number of aldehydes is 1. The van der Waals surface area contributed by atoms with Crippen molar-refractivity contribution in [3.05, 3.63) is 21.9 Å². The Labute approximate surface area is 134 Å². The van der Waals surface area contributed by atoms with Crippen molar-refractivity contribution in [3.63, 3.8) is 0 Å². The molecule has 0 aliphatic carbocycles. The van der Waals surface area contributed by atoms with Gasteiger partial charge in [-0.3, -0.25) is 10.1 Å². The van der Waals surface area contributed by atoms with Crippen LogP contribution in [-0.2, 0) is 4.79 Å². The van der Waals surface area contributed by atoms with Crippen LogP contribution in [0.5, 0.6) is 0 Å². The van der Waals surface area contributed by atoms with Crippen molar-refractivity contribution in [1.82, 2.24) is 0 Å². The number of rotatable bonds is 13. The van der Waals surface area contributed by atoms with Crippen LogP contribution in [0.15, 0.2) is 11.8 Å². The molecule has 0 aromatic carbocycles. The molecule has 0 aromatic rings. The molecule has 0 rings (SSSR count). The second-order valence-electron chi connectivity index (χ2n) is 5.47. The summed E-state index contributed by atoms with van der Waals surface area (Å²) in [6.45, 7) is 2.14. The van der Waals surface area contributed by atoms with E-state index in [0.717, 1.165) is 57.7 Å². The Morgan fingerprint density at radius 1 is 1.00 bits per heavy atom. The van der Waals surface area contributed by atoms with Gasteiger partial charge in [0.05, 0.1) is 4.92 Å². The first-order valence-corrected chi connectivity index (χ1v) is 8.49. The zero-order valence-electron chi connectivity index (χ0n) is 13.8. The van der Waals surface area contributed by atoms with Crippen LogP contribution >= 0.6 is 0 Å². The minimum atomic E-state index is -0.383. The second kappa shape index (κ2) is 15.8. The van der Waals surface area contributed by atoms with Crippen LogP contribution in [-0.4, -0.2) is 11.2 Å². The summed E-state index contributed by atoms with van der Waals surface area (Å²) in [5, 5.41) is 10.9. The Morgan fingerprint density at radius 3 is 2.32 bits per heavy atom. The van der Waals surface area contributed by atoms with Gasteiger partial charge in [0.25, 0.3) is 0 Å². The number of carbonyl (C=O) groups excluding carboxylic acids is 1. The minimum Gasteiger partial charge on any atom is -0.303 e. The van der Waals surface area contributed by atoms with E-state index < -0.39 is 0 Å². The quantitative estimate of drug-likeness (QED) is 0.157. The highest BCUT2D eigenvalue weighted by Crippen LogP contribution is 2.07. The van der Waals surface area contributed by atoms with Crippen molar-refractivity contribution >= 4 is 6.29 Å². The van der Waals surface area contributed by atoms with Gasteiger partial charge < -0.3 is 4.79 Å². The molecule has 0 radical (unpaired) electrons. The van der Waals surface area contributed by atoms with E-state index in [1.807, 2.05) is 0 Å². The fourth-order valence-electron chi connectivity index (χ4n) is 2.11. The first-order chi connectivity index (χ1) is 10.7. The summed E-state index contributed by atoms with van der Waals surface area (Å²) in [4.78, 5) is 20.7. The Hall–Kier alpha value is -1.63. The maximum Gasteiger partial charge on any atom is 0.315 e. The van der Waals surface area contributed by atoms with E-state index in [0.29, 0.717) is 12.8 Å². The molecule has 0 heterocycles. The van der Waals surface area contributed by atoms with Gasteiger partial charge in [0.1, 0.15) is 6.29 Å². The predicted octanol–water partition coefficient (Wildman–Crippen LogP) is 5.05. The topological polar surface area (TPSA) is 60.2 Å². The van der Waals surface area contributed by atoms with Gasteiger partial charge in [-0.15, -0.1) is 0 Å². The van der Waals surface area contributed by atoms with Crippen molar-refractivity contribution in [2.75, 3.05) is 0 Å². The average molecular weight is 307 g/mol. The molecule has 124 valence electrons. The third kappa shape index (κ3) is 13.4. The van der Waals surface area contributed by atoms with Crippen LogP contribution < -0.4 is 0 Å². The predicted molar refractivity (Wildman–Crippen MR) is 90.0 cm³/mol. The van der Waals surface area contributed by atoms with Gasteiger partial charge in [0.2, 0.25) is 0 Å². The summed E-state index contributed by atoms with van der Waals surface area (Å²) in [5.41, 5.74) is 0.0440. The van der Waals surface area contributed by atoms with E-state index in [1.165, 1.54) is 12.8 Å². The standard InChI is InChI=1S/C18H29NO3/c1-2-3-4-9-12-15-18(19(21)22)16-13-10-7-5-6-8-11-14-17-20/h15,17H,2-12,14H2,1H3/b18-15-. The van der Waals surface area contributed by atoms with Gasteiger partial charge in [-0.05, 0) is 25.7 Å². The SMILES string of the molecule is CCCCCC/C=C(/C#CCCCCCCCC=O)[N+](=O)[O-]. The van der Waals surface area contributed by atoms with Crippen LogP contribution in [0.4, 0.5) is 0 Å². The third-order valence-corrected chi connectivity index (χ3v) is 3.43. The molecular weight excluding hydrogens is 278 g/mol. The van der Waals surface area contributed by atoms with E-state index in [4.69, 9.17) is 0 Å². The Kier molecular flexibility index (Phi) is 14.6. The molecule has 0 atom stereocenters. The van der Waals surface area contributed by atoms with Crippen LogP contribution in [0.1, 0.15) is 84.0 Å². The van der Waals surface area contributed by atoms with E-state index in [-0.39, 0.29) is 10.6 Å². The molecule has 0 amide bonds. The summed E-state index contributed by atoms with van der Waals surface area (Å²) < 4.78 is 0.